The third-order valence-corrected chi connectivity index (χ3v) is 3.58. The lowest BCUT2D eigenvalue weighted by Crippen LogP contribution is -2.39. The van der Waals surface area contributed by atoms with Gasteiger partial charge in [0.2, 0.25) is 0 Å². The molecule has 0 aliphatic heterocycles. The van der Waals surface area contributed by atoms with Crippen LogP contribution >= 0.6 is 0 Å². The highest BCUT2D eigenvalue weighted by molar-refractivity contribution is 6.05. The number of hydrogen-bond donors (Lipinski definition) is 0. The molecule has 1 atom stereocenters. The molecule has 21 heavy (non-hydrogen) atoms. The lowest BCUT2D eigenvalue weighted by Gasteiger charge is -2.26. The third kappa shape index (κ3) is 2.59. The van der Waals surface area contributed by atoms with Gasteiger partial charge in [0.1, 0.15) is 6.29 Å². The zero-order valence-electron chi connectivity index (χ0n) is 12.0. The van der Waals surface area contributed by atoms with E-state index in [2.05, 4.69) is 6.58 Å². The first-order chi connectivity index (χ1) is 10.2. The van der Waals surface area contributed by atoms with Crippen LogP contribution in [0.5, 0.6) is 0 Å². The number of hydrogen-bond acceptors (Lipinski definition) is 3. The Labute approximate surface area is 124 Å². The first-order valence-corrected chi connectivity index (χ1v) is 6.92. The third-order valence-electron chi connectivity index (χ3n) is 3.58. The SMILES string of the molecule is C=CCC(C=O)(C(=O)OCC)c1cccc2ccccc12. The predicted octanol–water partition coefficient (Wildman–Crippen LogP) is 3.42. The number of carbonyl (C=O) groups excluding carboxylic acids is 2. The summed E-state index contributed by atoms with van der Waals surface area (Å²) in [5.41, 5.74) is -0.674. The molecule has 2 aromatic rings. The van der Waals surface area contributed by atoms with Crippen LogP contribution in [-0.2, 0) is 19.7 Å². The monoisotopic (exact) mass is 282 g/mol. The molecule has 0 heterocycles. The van der Waals surface area contributed by atoms with Gasteiger partial charge in [0.05, 0.1) is 6.61 Å². The van der Waals surface area contributed by atoms with Crippen molar-refractivity contribution in [3.63, 3.8) is 0 Å². The van der Waals surface area contributed by atoms with Crippen molar-refractivity contribution in [2.24, 2.45) is 0 Å². The molecular weight excluding hydrogens is 264 g/mol. The number of ether oxygens (including phenoxy) is 1. The van der Waals surface area contributed by atoms with E-state index in [1.165, 1.54) is 0 Å². The number of esters is 1. The van der Waals surface area contributed by atoms with Gasteiger partial charge in [0.15, 0.2) is 5.41 Å². The number of aldehydes is 1. The molecule has 0 aliphatic rings. The van der Waals surface area contributed by atoms with Crippen molar-refractivity contribution >= 4 is 23.0 Å². The molecule has 108 valence electrons. The van der Waals surface area contributed by atoms with E-state index in [0.29, 0.717) is 11.8 Å². The molecule has 2 rings (SSSR count). The Morgan fingerprint density at radius 3 is 2.62 bits per heavy atom. The summed E-state index contributed by atoms with van der Waals surface area (Å²) >= 11 is 0. The van der Waals surface area contributed by atoms with Gasteiger partial charge >= 0.3 is 5.97 Å². The van der Waals surface area contributed by atoms with Gasteiger partial charge in [0.25, 0.3) is 0 Å². The molecule has 0 radical (unpaired) electrons. The van der Waals surface area contributed by atoms with Crippen molar-refractivity contribution in [1.82, 2.24) is 0 Å². The molecule has 3 heteroatoms. The Hall–Kier alpha value is -2.42. The maximum Gasteiger partial charge on any atom is 0.324 e. The van der Waals surface area contributed by atoms with Gasteiger partial charge in [-0.05, 0) is 29.7 Å². The van der Waals surface area contributed by atoms with E-state index in [0.717, 1.165) is 10.8 Å². The predicted molar refractivity (Wildman–Crippen MR) is 83.1 cm³/mol. The van der Waals surface area contributed by atoms with Gasteiger partial charge in [-0.25, -0.2) is 0 Å². The fourth-order valence-electron chi connectivity index (χ4n) is 2.56. The second-order valence-corrected chi connectivity index (χ2v) is 4.83. The van der Waals surface area contributed by atoms with Crippen LogP contribution < -0.4 is 0 Å². The van der Waals surface area contributed by atoms with E-state index < -0.39 is 11.4 Å². The molecule has 3 nitrogen and oxygen atoms in total. The van der Waals surface area contributed by atoms with Crippen LogP contribution in [0, 0.1) is 0 Å². The quantitative estimate of drug-likeness (QED) is 0.353. The highest BCUT2D eigenvalue weighted by Crippen LogP contribution is 2.33. The maximum atomic E-state index is 12.4. The van der Waals surface area contributed by atoms with Gasteiger partial charge in [-0.1, -0.05) is 48.5 Å². The lowest BCUT2D eigenvalue weighted by molar-refractivity contribution is -0.151. The van der Waals surface area contributed by atoms with Crippen LogP contribution in [0.25, 0.3) is 10.8 Å². The number of rotatable bonds is 6. The van der Waals surface area contributed by atoms with Gasteiger partial charge < -0.3 is 9.53 Å². The van der Waals surface area contributed by atoms with Gasteiger partial charge in [-0.2, -0.15) is 0 Å². The van der Waals surface area contributed by atoms with E-state index in [4.69, 9.17) is 4.74 Å². The van der Waals surface area contributed by atoms with Crippen molar-refractivity contribution < 1.29 is 14.3 Å². The standard InChI is InChI=1S/C18H18O3/c1-3-12-18(13-19,17(20)21-4-2)16-11-7-9-14-8-5-6-10-15(14)16/h3,5-11,13H,1,4,12H2,2H3. The zero-order chi connectivity index (χ0) is 15.3. The summed E-state index contributed by atoms with van der Waals surface area (Å²) in [4.78, 5) is 24.3. The van der Waals surface area contributed by atoms with Crippen LogP contribution in [0.1, 0.15) is 18.9 Å². The summed E-state index contributed by atoms with van der Waals surface area (Å²) in [5.74, 6) is -0.531. The molecule has 0 amide bonds. The summed E-state index contributed by atoms with van der Waals surface area (Å²) in [5, 5.41) is 1.86. The lowest BCUT2D eigenvalue weighted by atomic mass is 9.76. The average Bonchev–Trinajstić information content (AvgIpc) is 2.52. The topological polar surface area (TPSA) is 43.4 Å². The molecule has 0 saturated carbocycles. The Morgan fingerprint density at radius 2 is 1.95 bits per heavy atom. The molecule has 0 N–H and O–H groups in total. The Balaban J connectivity index is 2.71. The normalized spacial score (nSPS) is 13.4. The summed E-state index contributed by atoms with van der Waals surface area (Å²) < 4.78 is 5.14. The van der Waals surface area contributed by atoms with Gasteiger partial charge in [-0.15, -0.1) is 6.58 Å². The molecule has 0 aliphatic carbocycles. The summed E-state index contributed by atoms with van der Waals surface area (Å²) in [6, 6.07) is 13.3. The number of allylic oxidation sites excluding steroid dienone is 1. The zero-order valence-corrected chi connectivity index (χ0v) is 12.0. The molecule has 0 aromatic heterocycles. The van der Waals surface area contributed by atoms with Crippen LogP contribution in [0.3, 0.4) is 0 Å². The van der Waals surface area contributed by atoms with Crippen molar-refractivity contribution in [3.05, 3.63) is 60.7 Å². The van der Waals surface area contributed by atoms with E-state index in [1.807, 2.05) is 36.4 Å². The molecule has 1 unspecified atom stereocenters. The fourth-order valence-corrected chi connectivity index (χ4v) is 2.56. The first kappa shape index (κ1) is 15.0. The smallest absolute Gasteiger partial charge is 0.324 e. The minimum absolute atomic E-state index is 0.212. The van der Waals surface area contributed by atoms with Crippen LogP contribution in [0.15, 0.2) is 55.1 Å². The van der Waals surface area contributed by atoms with Crippen molar-refractivity contribution in [1.29, 1.82) is 0 Å². The van der Waals surface area contributed by atoms with Crippen LogP contribution in [0.2, 0.25) is 0 Å². The van der Waals surface area contributed by atoms with Gasteiger partial charge in [0, 0.05) is 0 Å². The largest absolute Gasteiger partial charge is 0.465 e. The van der Waals surface area contributed by atoms with E-state index in [-0.39, 0.29) is 13.0 Å². The highest BCUT2D eigenvalue weighted by atomic mass is 16.5. The number of carbonyl (C=O) groups is 2. The first-order valence-electron chi connectivity index (χ1n) is 6.92. The number of fused-ring (bicyclic) bond motifs is 1. The second-order valence-electron chi connectivity index (χ2n) is 4.83. The summed E-state index contributed by atoms with van der Waals surface area (Å²) in [7, 11) is 0. The fraction of sp³-hybridized carbons (Fsp3) is 0.222. The minimum atomic E-state index is -1.33. The van der Waals surface area contributed by atoms with E-state index >= 15 is 0 Å². The number of benzene rings is 2. The Kier molecular flexibility index (Phi) is 4.53. The minimum Gasteiger partial charge on any atom is -0.465 e. The van der Waals surface area contributed by atoms with Crippen molar-refractivity contribution in [2.75, 3.05) is 6.61 Å². The second kappa shape index (κ2) is 6.35. The molecular formula is C18H18O3. The Morgan fingerprint density at radius 1 is 1.24 bits per heavy atom. The van der Waals surface area contributed by atoms with Crippen LogP contribution in [0.4, 0.5) is 0 Å². The van der Waals surface area contributed by atoms with E-state index in [9.17, 15) is 9.59 Å². The van der Waals surface area contributed by atoms with Crippen molar-refractivity contribution in [3.8, 4) is 0 Å². The molecule has 0 fully saturated rings. The summed E-state index contributed by atoms with van der Waals surface area (Å²) in [6.07, 6.45) is 2.46. The molecule has 0 spiro atoms. The van der Waals surface area contributed by atoms with Crippen molar-refractivity contribution in [2.45, 2.75) is 18.8 Å². The molecule has 2 aromatic carbocycles. The van der Waals surface area contributed by atoms with Gasteiger partial charge in [-0.3, -0.25) is 4.79 Å². The molecule has 0 bridgehead atoms. The molecule has 0 saturated heterocycles. The Bertz CT molecular complexity index is 670. The maximum absolute atomic E-state index is 12.4. The highest BCUT2D eigenvalue weighted by Gasteiger charge is 2.41. The van der Waals surface area contributed by atoms with Crippen LogP contribution in [-0.4, -0.2) is 18.9 Å². The average molecular weight is 282 g/mol. The summed E-state index contributed by atoms with van der Waals surface area (Å²) in [6.45, 7) is 5.63. The van der Waals surface area contributed by atoms with E-state index in [1.54, 1.807) is 19.1 Å².